The van der Waals surface area contributed by atoms with Gasteiger partial charge in [0.1, 0.15) is 11.5 Å². The molecule has 94 valence electrons. The van der Waals surface area contributed by atoms with Gasteiger partial charge in [0.15, 0.2) is 0 Å². The van der Waals surface area contributed by atoms with Crippen molar-refractivity contribution in [3.63, 3.8) is 0 Å². The Labute approximate surface area is 112 Å². The highest BCUT2D eigenvalue weighted by molar-refractivity contribution is 5.64. The fourth-order valence-corrected chi connectivity index (χ4v) is 2.16. The van der Waals surface area contributed by atoms with Crippen LogP contribution >= 0.6 is 0 Å². The number of rotatable bonds is 2. The van der Waals surface area contributed by atoms with Crippen LogP contribution in [0.2, 0.25) is 0 Å². The predicted molar refractivity (Wildman–Crippen MR) is 75.5 cm³/mol. The second-order valence-electron chi connectivity index (χ2n) is 4.46. The summed E-state index contributed by atoms with van der Waals surface area (Å²) in [5.74, 6) is 1.22. The van der Waals surface area contributed by atoms with Crippen molar-refractivity contribution in [3.8, 4) is 5.75 Å². The molecule has 1 unspecified atom stereocenters. The number of hydrogen-bond donors (Lipinski definition) is 1. The van der Waals surface area contributed by atoms with Gasteiger partial charge in [-0.1, -0.05) is 42.5 Å². The molecule has 1 N–H and O–H groups in total. The van der Waals surface area contributed by atoms with Crippen LogP contribution < -0.4 is 0 Å². The summed E-state index contributed by atoms with van der Waals surface area (Å²) in [6.07, 6.45) is 5.78. The summed E-state index contributed by atoms with van der Waals surface area (Å²) in [7, 11) is 0. The molecule has 0 aromatic heterocycles. The molecule has 2 aromatic carbocycles. The van der Waals surface area contributed by atoms with Crippen molar-refractivity contribution in [1.82, 2.24) is 0 Å². The van der Waals surface area contributed by atoms with Crippen molar-refractivity contribution in [1.29, 1.82) is 0 Å². The molecule has 0 amide bonds. The topological polar surface area (TPSA) is 29.5 Å². The standard InChI is InChI=1S/C17H14O2/c18-16-8-4-7-15(11-16)17-12-14(9-10-19-17)13-5-2-1-3-6-13/h1-12,14,18H. The first-order chi connectivity index (χ1) is 9.33. The van der Waals surface area contributed by atoms with Gasteiger partial charge in [-0.3, -0.25) is 0 Å². The maximum Gasteiger partial charge on any atom is 0.130 e. The second-order valence-corrected chi connectivity index (χ2v) is 4.46. The van der Waals surface area contributed by atoms with E-state index in [4.69, 9.17) is 4.74 Å². The molecule has 3 rings (SSSR count). The van der Waals surface area contributed by atoms with Crippen LogP contribution in [0.1, 0.15) is 17.0 Å². The molecule has 1 atom stereocenters. The van der Waals surface area contributed by atoms with E-state index in [1.54, 1.807) is 18.4 Å². The quantitative estimate of drug-likeness (QED) is 0.870. The van der Waals surface area contributed by atoms with Gasteiger partial charge in [0.05, 0.1) is 6.26 Å². The van der Waals surface area contributed by atoms with Gasteiger partial charge in [0.25, 0.3) is 0 Å². The molecular formula is C17H14O2. The Morgan fingerprint density at radius 1 is 0.947 bits per heavy atom. The molecule has 0 radical (unpaired) electrons. The Hall–Kier alpha value is -2.48. The van der Waals surface area contributed by atoms with Gasteiger partial charge in [-0.05, 0) is 29.8 Å². The lowest BCUT2D eigenvalue weighted by Gasteiger charge is -2.17. The van der Waals surface area contributed by atoms with Gasteiger partial charge < -0.3 is 9.84 Å². The van der Waals surface area contributed by atoms with E-state index < -0.39 is 0 Å². The highest BCUT2D eigenvalue weighted by atomic mass is 16.5. The zero-order valence-electron chi connectivity index (χ0n) is 10.4. The highest BCUT2D eigenvalue weighted by Gasteiger charge is 2.13. The number of ether oxygens (including phenoxy) is 1. The normalized spacial score (nSPS) is 17.7. The van der Waals surface area contributed by atoms with Crippen LogP contribution in [-0.2, 0) is 4.74 Å². The van der Waals surface area contributed by atoms with Gasteiger partial charge in [0, 0.05) is 11.5 Å². The highest BCUT2D eigenvalue weighted by Crippen LogP contribution is 2.30. The number of hydrogen-bond acceptors (Lipinski definition) is 2. The van der Waals surface area contributed by atoms with E-state index in [2.05, 4.69) is 18.2 Å². The number of phenols is 1. The first-order valence-electron chi connectivity index (χ1n) is 6.22. The van der Waals surface area contributed by atoms with E-state index in [1.807, 2.05) is 36.4 Å². The van der Waals surface area contributed by atoms with Crippen molar-refractivity contribution < 1.29 is 9.84 Å². The van der Waals surface area contributed by atoms with Crippen molar-refractivity contribution in [2.24, 2.45) is 0 Å². The van der Waals surface area contributed by atoms with E-state index in [1.165, 1.54) is 5.56 Å². The summed E-state index contributed by atoms with van der Waals surface area (Å²) in [5.41, 5.74) is 2.10. The van der Waals surface area contributed by atoms with Crippen LogP contribution in [0.5, 0.6) is 5.75 Å². The maximum absolute atomic E-state index is 9.53. The van der Waals surface area contributed by atoms with Crippen LogP contribution in [0.25, 0.3) is 5.76 Å². The molecule has 0 bridgehead atoms. The fourth-order valence-electron chi connectivity index (χ4n) is 2.16. The lowest BCUT2D eigenvalue weighted by molar-refractivity contribution is 0.423. The zero-order valence-corrected chi connectivity index (χ0v) is 10.4. The van der Waals surface area contributed by atoms with Gasteiger partial charge in [-0.15, -0.1) is 0 Å². The van der Waals surface area contributed by atoms with Gasteiger partial charge >= 0.3 is 0 Å². The lowest BCUT2D eigenvalue weighted by atomic mass is 9.96. The molecule has 2 aromatic rings. The average Bonchev–Trinajstić information content (AvgIpc) is 2.48. The first kappa shape index (κ1) is 11.6. The van der Waals surface area contributed by atoms with E-state index in [0.29, 0.717) is 0 Å². The summed E-state index contributed by atoms with van der Waals surface area (Å²) in [5, 5.41) is 9.53. The molecule has 0 aliphatic carbocycles. The number of phenolic OH excluding ortho intramolecular Hbond substituents is 1. The van der Waals surface area contributed by atoms with E-state index in [0.717, 1.165) is 11.3 Å². The van der Waals surface area contributed by atoms with E-state index >= 15 is 0 Å². The molecule has 0 saturated carbocycles. The summed E-state index contributed by atoms with van der Waals surface area (Å²) in [6.45, 7) is 0. The third-order valence-corrected chi connectivity index (χ3v) is 3.13. The first-order valence-corrected chi connectivity index (χ1v) is 6.22. The molecule has 0 spiro atoms. The summed E-state index contributed by atoms with van der Waals surface area (Å²) in [6, 6.07) is 17.3. The monoisotopic (exact) mass is 250 g/mol. The van der Waals surface area contributed by atoms with Crippen molar-refractivity contribution >= 4 is 5.76 Å². The fraction of sp³-hybridized carbons (Fsp3) is 0.0588. The molecule has 0 fully saturated rings. The molecule has 1 aliphatic rings. The lowest BCUT2D eigenvalue weighted by Crippen LogP contribution is -1.99. The molecule has 0 saturated heterocycles. The molecule has 1 heterocycles. The zero-order chi connectivity index (χ0) is 13.1. The Morgan fingerprint density at radius 2 is 1.79 bits per heavy atom. The predicted octanol–water partition coefficient (Wildman–Crippen LogP) is 4.06. The van der Waals surface area contributed by atoms with Crippen molar-refractivity contribution in [2.45, 2.75) is 5.92 Å². The van der Waals surface area contributed by atoms with Crippen molar-refractivity contribution in [3.05, 3.63) is 84.1 Å². The van der Waals surface area contributed by atoms with Crippen LogP contribution in [0.15, 0.2) is 73.0 Å². The van der Waals surface area contributed by atoms with E-state index in [-0.39, 0.29) is 11.7 Å². The Bertz CT molecular complexity index is 627. The minimum atomic E-state index is 0.201. The summed E-state index contributed by atoms with van der Waals surface area (Å²) < 4.78 is 5.54. The number of aromatic hydroxyl groups is 1. The smallest absolute Gasteiger partial charge is 0.130 e. The van der Waals surface area contributed by atoms with Crippen LogP contribution in [0.4, 0.5) is 0 Å². The van der Waals surface area contributed by atoms with Gasteiger partial charge in [-0.25, -0.2) is 0 Å². The Morgan fingerprint density at radius 3 is 2.58 bits per heavy atom. The van der Waals surface area contributed by atoms with E-state index in [9.17, 15) is 5.11 Å². The third kappa shape index (κ3) is 2.52. The Balaban J connectivity index is 1.94. The van der Waals surface area contributed by atoms with Crippen molar-refractivity contribution in [2.75, 3.05) is 0 Å². The molecule has 1 aliphatic heterocycles. The Kier molecular flexibility index (Phi) is 3.07. The molecular weight excluding hydrogens is 236 g/mol. The largest absolute Gasteiger partial charge is 0.508 e. The van der Waals surface area contributed by atoms with Crippen LogP contribution in [0, 0.1) is 0 Å². The SMILES string of the molecule is Oc1cccc(C2=CC(c3ccccc3)C=CO2)c1. The average molecular weight is 250 g/mol. The number of allylic oxidation sites excluding steroid dienone is 2. The summed E-state index contributed by atoms with van der Waals surface area (Å²) >= 11 is 0. The molecule has 2 heteroatoms. The summed E-state index contributed by atoms with van der Waals surface area (Å²) in [4.78, 5) is 0. The number of benzene rings is 2. The molecule has 19 heavy (non-hydrogen) atoms. The van der Waals surface area contributed by atoms with Gasteiger partial charge in [-0.2, -0.15) is 0 Å². The minimum absolute atomic E-state index is 0.201. The minimum Gasteiger partial charge on any atom is -0.508 e. The molecule has 2 nitrogen and oxygen atoms in total. The van der Waals surface area contributed by atoms with Crippen LogP contribution in [0.3, 0.4) is 0 Å². The second kappa shape index (κ2) is 5.02. The maximum atomic E-state index is 9.53. The van der Waals surface area contributed by atoms with Gasteiger partial charge in [0.2, 0.25) is 0 Å². The van der Waals surface area contributed by atoms with Crippen LogP contribution in [-0.4, -0.2) is 5.11 Å². The third-order valence-electron chi connectivity index (χ3n) is 3.13.